The van der Waals surface area contributed by atoms with E-state index < -0.39 is 0 Å². The Morgan fingerprint density at radius 3 is 3.17 bits per heavy atom. The van der Waals surface area contributed by atoms with Crippen molar-refractivity contribution >= 4 is 0 Å². The van der Waals surface area contributed by atoms with E-state index in [1.165, 1.54) is 5.57 Å². The highest BCUT2D eigenvalue weighted by molar-refractivity contribution is 5.45. The van der Waals surface area contributed by atoms with Gasteiger partial charge in [-0.05, 0) is 24.1 Å². The Kier molecular flexibility index (Phi) is 1.47. The number of allylic oxidation sites excluding steroid dienone is 7. The molecule has 0 radical (unpaired) electrons. The first-order chi connectivity index (χ1) is 5.71. The van der Waals surface area contributed by atoms with Crippen molar-refractivity contribution < 1.29 is 0 Å². The van der Waals surface area contributed by atoms with Crippen molar-refractivity contribution in [3.8, 4) is 0 Å². The molecule has 2 N–H and O–H groups in total. The molecule has 1 unspecified atom stereocenters. The van der Waals surface area contributed by atoms with Crippen LogP contribution < -0.4 is 5.73 Å². The van der Waals surface area contributed by atoms with Crippen LogP contribution in [0.1, 0.15) is 13.3 Å². The fourth-order valence-corrected chi connectivity index (χ4v) is 1.68. The van der Waals surface area contributed by atoms with E-state index in [0.717, 1.165) is 12.1 Å². The summed E-state index contributed by atoms with van der Waals surface area (Å²) in [5.74, 6) is 0. The van der Waals surface area contributed by atoms with Crippen LogP contribution in [-0.2, 0) is 0 Å². The number of rotatable bonds is 0. The van der Waals surface area contributed by atoms with Gasteiger partial charge in [-0.1, -0.05) is 31.2 Å². The van der Waals surface area contributed by atoms with Gasteiger partial charge in [0.15, 0.2) is 0 Å². The van der Waals surface area contributed by atoms with Gasteiger partial charge in [0.1, 0.15) is 0 Å². The van der Waals surface area contributed by atoms with Crippen molar-refractivity contribution in [2.75, 3.05) is 0 Å². The van der Waals surface area contributed by atoms with E-state index >= 15 is 0 Å². The Morgan fingerprint density at radius 2 is 2.33 bits per heavy atom. The minimum Gasteiger partial charge on any atom is -0.399 e. The zero-order valence-electron chi connectivity index (χ0n) is 7.25. The maximum Gasteiger partial charge on any atom is 0.0314 e. The standard InChI is InChI=1S/C11H13N/c1-11-6-3-2-4-9(11)8-10(12)5-7-11/h2-5,7-8H,6,12H2,1H3. The van der Waals surface area contributed by atoms with Crippen LogP contribution >= 0.6 is 0 Å². The summed E-state index contributed by atoms with van der Waals surface area (Å²) < 4.78 is 0. The highest BCUT2D eigenvalue weighted by Gasteiger charge is 2.26. The van der Waals surface area contributed by atoms with E-state index in [1.807, 2.05) is 6.08 Å². The molecule has 0 aromatic rings. The fourth-order valence-electron chi connectivity index (χ4n) is 1.68. The monoisotopic (exact) mass is 159 g/mol. The van der Waals surface area contributed by atoms with Gasteiger partial charge in [-0.15, -0.1) is 0 Å². The first kappa shape index (κ1) is 7.41. The van der Waals surface area contributed by atoms with Gasteiger partial charge in [-0.25, -0.2) is 0 Å². The Hall–Kier alpha value is -1.24. The molecule has 0 fully saturated rings. The van der Waals surface area contributed by atoms with Crippen LogP contribution in [-0.4, -0.2) is 0 Å². The number of hydrogen-bond acceptors (Lipinski definition) is 1. The number of nitrogens with two attached hydrogens (primary N) is 1. The third kappa shape index (κ3) is 1.02. The summed E-state index contributed by atoms with van der Waals surface area (Å²) in [4.78, 5) is 0. The van der Waals surface area contributed by atoms with Gasteiger partial charge in [0.05, 0.1) is 0 Å². The predicted molar refractivity (Wildman–Crippen MR) is 51.4 cm³/mol. The van der Waals surface area contributed by atoms with E-state index in [4.69, 9.17) is 5.73 Å². The highest BCUT2D eigenvalue weighted by Crippen LogP contribution is 2.39. The molecule has 12 heavy (non-hydrogen) atoms. The van der Waals surface area contributed by atoms with Gasteiger partial charge < -0.3 is 5.73 Å². The average Bonchev–Trinajstić information content (AvgIpc) is 2.06. The Labute approximate surface area is 73.0 Å². The second-order valence-electron chi connectivity index (χ2n) is 3.65. The fraction of sp³-hybridized carbons (Fsp3) is 0.273. The van der Waals surface area contributed by atoms with Gasteiger partial charge in [0.25, 0.3) is 0 Å². The molecule has 2 aliphatic carbocycles. The Morgan fingerprint density at radius 1 is 1.50 bits per heavy atom. The normalized spacial score (nSPS) is 32.4. The first-order valence-corrected chi connectivity index (χ1v) is 4.24. The molecule has 2 rings (SSSR count). The Balaban J connectivity index is 2.46. The molecule has 1 nitrogen and oxygen atoms in total. The molecular formula is C11H13N. The van der Waals surface area contributed by atoms with E-state index in [1.54, 1.807) is 0 Å². The lowest BCUT2D eigenvalue weighted by molar-refractivity contribution is 0.524. The average molecular weight is 159 g/mol. The maximum atomic E-state index is 5.71. The maximum absolute atomic E-state index is 5.71. The summed E-state index contributed by atoms with van der Waals surface area (Å²) in [5, 5.41) is 0. The number of hydrogen-bond donors (Lipinski definition) is 1. The van der Waals surface area contributed by atoms with E-state index in [2.05, 4.69) is 37.3 Å². The third-order valence-corrected chi connectivity index (χ3v) is 2.58. The lowest BCUT2D eigenvalue weighted by Gasteiger charge is -2.31. The van der Waals surface area contributed by atoms with E-state index in [0.29, 0.717) is 0 Å². The summed E-state index contributed by atoms with van der Waals surface area (Å²) in [6.07, 6.45) is 13.8. The van der Waals surface area contributed by atoms with Gasteiger partial charge in [-0.3, -0.25) is 0 Å². The second-order valence-corrected chi connectivity index (χ2v) is 3.65. The van der Waals surface area contributed by atoms with Crippen LogP contribution in [0.2, 0.25) is 0 Å². The van der Waals surface area contributed by atoms with Crippen LogP contribution in [0.3, 0.4) is 0 Å². The minimum absolute atomic E-state index is 0.192. The largest absolute Gasteiger partial charge is 0.399 e. The lowest BCUT2D eigenvalue weighted by atomic mass is 9.74. The summed E-state index contributed by atoms with van der Waals surface area (Å²) in [7, 11) is 0. The van der Waals surface area contributed by atoms with Gasteiger partial charge in [0.2, 0.25) is 0 Å². The first-order valence-electron chi connectivity index (χ1n) is 4.24. The topological polar surface area (TPSA) is 26.0 Å². The molecule has 0 saturated heterocycles. The van der Waals surface area contributed by atoms with Crippen LogP contribution in [0.5, 0.6) is 0 Å². The molecule has 62 valence electrons. The third-order valence-electron chi connectivity index (χ3n) is 2.58. The quantitative estimate of drug-likeness (QED) is 0.576. The lowest BCUT2D eigenvalue weighted by Crippen LogP contribution is -2.20. The molecule has 0 aromatic heterocycles. The SMILES string of the molecule is CC12C=CC(N)=CC1=CC=CC2. The molecule has 0 aromatic carbocycles. The van der Waals surface area contributed by atoms with E-state index in [-0.39, 0.29) is 5.41 Å². The summed E-state index contributed by atoms with van der Waals surface area (Å²) in [5.41, 5.74) is 8.08. The molecule has 0 bridgehead atoms. The van der Waals surface area contributed by atoms with Crippen molar-refractivity contribution in [1.29, 1.82) is 0 Å². The molecule has 1 heteroatoms. The smallest absolute Gasteiger partial charge is 0.0314 e. The van der Waals surface area contributed by atoms with Gasteiger partial charge in [-0.2, -0.15) is 0 Å². The van der Waals surface area contributed by atoms with Crippen molar-refractivity contribution in [2.24, 2.45) is 11.1 Å². The molecule has 0 aliphatic heterocycles. The zero-order chi connectivity index (χ0) is 8.60. The molecule has 2 aliphatic rings. The predicted octanol–water partition coefficient (Wildman–Crippen LogP) is 2.29. The minimum atomic E-state index is 0.192. The summed E-state index contributed by atoms with van der Waals surface area (Å²) >= 11 is 0. The zero-order valence-corrected chi connectivity index (χ0v) is 7.25. The van der Waals surface area contributed by atoms with E-state index in [9.17, 15) is 0 Å². The van der Waals surface area contributed by atoms with Crippen molar-refractivity contribution in [2.45, 2.75) is 13.3 Å². The van der Waals surface area contributed by atoms with Gasteiger partial charge >= 0.3 is 0 Å². The molecule has 1 atom stereocenters. The molecule has 0 saturated carbocycles. The van der Waals surface area contributed by atoms with Crippen LogP contribution in [0.4, 0.5) is 0 Å². The van der Waals surface area contributed by atoms with Gasteiger partial charge in [0, 0.05) is 11.1 Å². The second kappa shape index (κ2) is 2.37. The summed E-state index contributed by atoms with van der Waals surface area (Å²) in [6, 6.07) is 0. The van der Waals surface area contributed by atoms with Crippen LogP contribution in [0.15, 0.2) is 47.7 Å². The van der Waals surface area contributed by atoms with Crippen molar-refractivity contribution in [1.82, 2.24) is 0 Å². The van der Waals surface area contributed by atoms with Crippen LogP contribution in [0, 0.1) is 5.41 Å². The molecule has 0 amide bonds. The van der Waals surface area contributed by atoms with Crippen LogP contribution in [0.25, 0.3) is 0 Å². The summed E-state index contributed by atoms with van der Waals surface area (Å²) in [6.45, 7) is 2.24. The van der Waals surface area contributed by atoms with Crippen molar-refractivity contribution in [3.63, 3.8) is 0 Å². The van der Waals surface area contributed by atoms with Crippen molar-refractivity contribution in [3.05, 3.63) is 47.7 Å². The molecule has 0 heterocycles. The Bertz CT molecular complexity index is 318. The molecule has 0 spiro atoms. The molecular weight excluding hydrogens is 146 g/mol. The number of fused-ring (bicyclic) bond motifs is 1. The highest BCUT2D eigenvalue weighted by atomic mass is 14.6.